The van der Waals surface area contributed by atoms with Crippen LogP contribution in [-0.2, 0) is 0 Å². The highest BCUT2D eigenvalue weighted by molar-refractivity contribution is 6.68. The average molecular weight is 553 g/mol. The number of allylic oxidation sites excluding steroid dienone is 2. The van der Waals surface area contributed by atoms with Crippen LogP contribution in [0.3, 0.4) is 0 Å². The highest BCUT2D eigenvalue weighted by Gasteiger charge is 2.25. The van der Waals surface area contributed by atoms with Gasteiger partial charge in [0.05, 0.1) is 0 Å². The van der Waals surface area contributed by atoms with E-state index in [2.05, 4.69) is 166 Å². The zero-order valence-corrected chi connectivity index (χ0v) is 27.4. The van der Waals surface area contributed by atoms with Crippen molar-refractivity contribution >= 4 is 117 Å². The smallest absolute Gasteiger partial charge is 0.106 e. The molecule has 6 rings (SSSR count). The van der Waals surface area contributed by atoms with Crippen LogP contribution in [0.25, 0.3) is 60.4 Å². The minimum Gasteiger partial charge on any atom is -0.106 e. The van der Waals surface area contributed by atoms with E-state index in [0.29, 0.717) is 0 Å². The zero-order chi connectivity index (χ0) is 31.3. The number of fused-ring (bicyclic) bond motifs is 2. The minimum atomic E-state index is 1.10. The molecule has 44 heavy (non-hydrogen) atoms. The molecule has 0 aliphatic heterocycles. The summed E-state index contributed by atoms with van der Waals surface area (Å²) in [5.74, 6) is 0. The highest BCUT2D eigenvalue weighted by atomic mass is 14.2. The molecule has 6 aromatic carbocycles. The van der Waals surface area contributed by atoms with Crippen LogP contribution in [0, 0.1) is 0 Å². The lowest BCUT2D eigenvalue weighted by molar-refractivity contribution is 1.63. The lowest BCUT2D eigenvalue weighted by Crippen LogP contribution is -2.48. The fourth-order valence-corrected chi connectivity index (χ4v) is 7.17. The van der Waals surface area contributed by atoms with Gasteiger partial charge in [-0.1, -0.05) is 119 Å². The fraction of sp³-hybridized carbons (Fsp3) is 0. The van der Waals surface area contributed by atoms with E-state index < -0.39 is 0 Å². The zero-order valence-electron chi connectivity index (χ0n) is 27.4. The molecule has 6 aromatic rings. The van der Waals surface area contributed by atoms with Gasteiger partial charge in [-0.2, -0.15) is 0 Å². The van der Waals surface area contributed by atoms with Crippen LogP contribution < -0.4 is 27.3 Å². The summed E-state index contributed by atoms with van der Waals surface area (Å²) in [6, 6.07) is 35.4. The largest absolute Gasteiger partial charge is 0.140 e. The Hall–Kier alpha value is -4.16. The van der Waals surface area contributed by atoms with E-state index >= 15 is 0 Å². The van der Waals surface area contributed by atoms with Gasteiger partial charge in [-0.15, -0.1) is 28.4 Å². The maximum Gasteiger partial charge on any atom is 0.140 e. The molecule has 0 atom stereocenters. The van der Waals surface area contributed by atoms with Gasteiger partial charge in [0.15, 0.2) is 0 Å². The molecule has 0 heterocycles. The Kier molecular flexibility index (Phi) is 7.97. The predicted molar refractivity (Wildman–Crippen MR) is 220 cm³/mol. The van der Waals surface area contributed by atoms with Gasteiger partial charge in [0.1, 0.15) is 62.8 Å². The summed E-state index contributed by atoms with van der Waals surface area (Å²) in [5, 5.41) is 5.29. The molecule has 0 fully saturated rings. The number of hydrogen-bond donors (Lipinski definition) is 0. The molecule has 0 unspecified atom stereocenters. The third-order valence-electron chi connectivity index (χ3n) is 10.1. The molecule has 0 amide bonds. The van der Waals surface area contributed by atoms with Crippen LogP contribution in [0.1, 0.15) is 5.56 Å². The van der Waals surface area contributed by atoms with Crippen molar-refractivity contribution in [2.45, 2.75) is 0 Å². The van der Waals surface area contributed by atoms with E-state index in [1.54, 1.807) is 0 Å². The molecule has 0 N–H and O–H groups in total. The van der Waals surface area contributed by atoms with Crippen LogP contribution in [0.2, 0.25) is 0 Å². The second-order valence-corrected chi connectivity index (χ2v) is 12.5. The van der Waals surface area contributed by atoms with Crippen LogP contribution in [-0.4, -0.2) is 62.8 Å². The summed E-state index contributed by atoms with van der Waals surface area (Å²) in [7, 11) is 18.2. The molecule has 8 heteroatoms. The van der Waals surface area contributed by atoms with Crippen molar-refractivity contribution in [3.05, 3.63) is 120 Å². The van der Waals surface area contributed by atoms with E-state index in [1.807, 2.05) is 0 Å². The van der Waals surface area contributed by atoms with Crippen LogP contribution in [0.5, 0.6) is 0 Å². The van der Waals surface area contributed by atoms with Crippen molar-refractivity contribution in [3.8, 4) is 33.4 Å². The van der Waals surface area contributed by atoms with Crippen molar-refractivity contribution in [2.24, 2.45) is 0 Å². The minimum absolute atomic E-state index is 1.10. The van der Waals surface area contributed by atoms with Crippen LogP contribution >= 0.6 is 0 Å². The summed E-state index contributed by atoms with van der Waals surface area (Å²) in [6.07, 6.45) is 0. The molecular weight excluding hydrogens is 519 g/mol. The van der Waals surface area contributed by atoms with E-state index in [0.717, 1.165) is 5.47 Å². The Labute approximate surface area is 269 Å². The van der Waals surface area contributed by atoms with E-state index in [-0.39, 0.29) is 0 Å². The lowest BCUT2D eigenvalue weighted by Gasteiger charge is -2.28. The Bertz CT molecular complexity index is 2150. The summed E-state index contributed by atoms with van der Waals surface area (Å²) >= 11 is 0. The molecule has 0 saturated heterocycles. The van der Waals surface area contributed by atoms with Crippen molar-refractivity contribution in [1.82, 2.24) is 0 Å². The maximum absolute atomic E-state index is 4.36. The predicted octanol–water partition coefficient (Wildman–Crippen LogP) is -1.63. The van der Waals surface area contributed by atoms with Gasteiger partial charge in [-0.25, -0.2) is 0 Å². The second-order valence-electron chi connectivity index (χ2n) is 12.5. The molecule has 0 bridgehead atoms. The Balaban J connectivity index is 1.88. The second kappa shape index (κ2) is 11.7. The highest BCUT2D eigenvalue weighted by Crippen LogP contribution is 2.41. The maximum atomic E-state index is 4.36. The summed E-state index contributed by atoms with van der Waals surface area (Å²) in [6.45, 7) is 4.36. The first-order valence-corrected chi connectivity index (χ1v) is 15.7. The molecule has 0 aliphatic rings. The van der Waals surface area contributed by atoms with Gasteiger partial charge in [0.25, 0.3) is 0 Å². The molecule has 0 spiro atoms. The third-order valence-corrected chi connectivity index (χ3v) is 10.1. The van der Waals surface area contributed by atoms with Gasteiger partial charge in [-0.3, -0.25) is 0 Å². The topological polar surface area (TPSA) is 0 Å². The fourth-order valence-electron chi connectivity index (χ4n) is 7.17. The molecule has 202 valence electrons. The molecular formula is C36H34B8. The van der Waals surface area contributed by atoms with Gasteiger partial charge >= 0.3 is 0 Å². The third kappa shape index (κ3) is 4.76. The average Bonchev–Trinajstić information content (AvgIpc) is 3.05. The van der Waals surface area contributed by atoms with Gasteiger partial charge in [0, 0.05) is 0 Å². The van der Waals surface area contributed by atoms with Crippen molar-refractivity contribution < 1.29 is 0 Å². The number of rotatable bonds is 5. The summed E-state index contributed by atoms with van der Waals surface area (Å²) in [5.41, 5.74) is 19.5. The quantitative estimate of drug-likeness (QED) is 0.178. The number of hydrogen-bond acceptors (Lipinski definition) is 0. The molecule has 0 radical (unpaired) electrons. The molecule has 0 aliphatic carbocycles. The van der Waals surface area contributed by atoms with Crippen LogP contribution in [0.15, 0.2) is 115 Å². The normalized spacial score (nSPS) is 11.9. The van der Waals surface area contributed by atoms with Crippen LogP contribution in [0.4, 0.5) is 0 Å². The Morgan fingerprint density at radius 1 is 0.455 bits per heavy atom. The summed E-state index contributed by atoms with van der Waals surface area (Å²) < 4.78 is 0. The van der Waals surface area contributed by atoms with Crippen molar-refractivity contribution in [3.63, 3.8) is 0 Å². The first kappa shape index (κ1) is 29.9. The molecule has 0 aromatic heterocycles. The van der Waals surface area contributed by atoms with Gasteiger partial charge in [-0.05, 0) is 60.5 Å². The lowest BCUT2D eigenvalue weighted by atomic mass is 9.59. The summed E-state index contributed by atoms with van der Waals surface area (Å²) in [4.78, 5) is 0. The monoisotopic (exact) mass is 554 g/mol. The van der Waals surface area contributed by atoms with E-state index in [9.17, 15) is 0 Å². The Morgan fingerprint density at radius 2 is 0.932 bits per heavy atom. The Morgan fingerprint density at radius 3 is 1.48 bits per heavy atom. The molecule has 0 saturated carbocycles. The van der Waals surface area contributed by atoms with Gasteiger partial charge in [0.2, 0.25) is 0 Å². The standard InChI is InChI=1S/C36H34B8/c1-18(37)30(38)34(42)29-25(20-12-6-3-7-13-20)27-28(33(41)36(44)35(43)32(27)40)26(31(29)39)24-17-9-15-22-21(14-8-16-23(22)24)19-10-4-2-5-11-19/h2-17H,1,37-44H2/b34-30-. The SMILES string of the molecule is BC(=C)/C(B)=C(/B)c1c(B)c(-c2cccc3c(-c4ccccc4)cccc23)c2c(B)c(B)c(B)c(B)c2c1-c1ccccc1. The van der Waals surface area contributed by atoms with Gasteiger partial charge < -0.3 is 0 Å². The van der Waals surface area contributed by atoms with E-state index in [4.69, 9.17) is 0 Å². The van der Waals surface area contributed by atoms with Crippen molar-refractivity contribution in [2.75, 3.05) is 0 Å². The van der Waals surface area contributed by atoms with Crippen molar-refractivity contribution in [1.29, 1.82) is 0 Å². The number of benzene rings is 6. The first-order chi connectivity index (χ1) is 21.1. The van der Waals surface area contributed by atoms with E-state index in [1.165, 1.54) is 98.7 Å². The molecule has 0 nitrogen and oxygen atoms in total. The first-order valence-electron chi connectivity index (χ1n) is 15.7.